The molecule has 154 valence electrons. The third-order valence-electron chi connectivity index (χ3n) is 6.16. The van der Waals surface area contributed by atoms with Crippen LogP contribution in [0.3, 0.4) is 0 Å². The second-order valence-electron chi connectivity index (χ2n) is 8.45. The Labute approximate surface area is 175 Å². The van der Waals surface area contributed by atoms with Crippen LogP contribution in [0.25, 0.3) is 16.9 Å². The number of nitrogens with zero attached hydrogens (tertiary/aromatic N) is 3. The zero-order chi connectivity index (χ0) is 20.7. The smallest absolute Gasteiger partial charge is 0.230 e. The average molecular weight is 402 g/mol. The van der Waals surface area contributed by atoms with Gasteiger partial charge in [0, 0.05) is 30.8 Å². The van der Waals surface area contributed by atoms with Crippen LogP contribution in [-0.2, 0) is 9.59 Å². The maximum Gasteiger partial charge on any atom is 0.230 e. The number of aromatic nitrogens is 2. The fraction of sp³-hybridized carbons (Fsp3) is 0.375. The predicted molar refractivity (Wildman–Crippen MR) is 116 cm³/mol. The number of pyridine rings is 1. The van der Waals surface area contributed by atoms with Crippen LogP contribution in [-0.4, -0.2) is 39.2 Å². The van der Waals surface area contributed by atoms with Crippen LogP contribution < -0.4 is 5.32 Å². The van der Waals surface area contributed by atoms with Gasteiger partial charge in [0.05, 0.1) is 5.92 Å². The summed E-state index contributed by atoms with van der Waals surface area (Å²) in [6, 6.07) is 13.9. The molecule has 1 atom stereocenters. The normalized spacial score (nSPS) is 19.1. The highest BCUT2D eigenvalue weighted by Crippen LogP contribution is 2.33. The number of fused-ring (bicyclic) bond motifs is 1. The van der Waals surface area contributed by atoms with E-state index in [2.05, 4.69) is 5.32 Å². The third kappa shape index (κ3) is 3.47. The van der Waals surface area contributed by atoms with Crippen molar-refractivity contribution in [1.29, 1.82) is 0 Å². The monoisotopic (exact) mass is 402 g/mol. The Balaban J connectivity index is 1.45. The van der Waals surface area contributed by atoms with Gasteiger partial charge in [-0.25, -0.2) is 4.98 Å². The summed E-state index contributed by atoms with van der Waals surface area (Å²) in [5.41, 5.74) is 3.61. The molecule has 2 amide bonds. The molecule has 6 heteroatoms. The van der Waals surface area contributed by atoms with E-state index < -0.39 is 0 Å². The Kier molecular flexibility index (Phi) is 4.77. The Hall–Kier alpha value is -3.15. The van der Waals surface area contributed by atoms with Crippen molar-refractivity contribution >= 4 is 23.3 Å². The van der Waals surface area contributed by atoms with E-state index in [1.54, 1.807) is 0 Å². The summed E-state index contributed by atoms with van der Waals surface area (Å²) in [6.45, 7) is 3.30. The lowest BCUT2D eigenvalue weighted by molar-refractivity contribution is -0.135. The van der Waals surface area contributed by atoms with Crippen molar-refractivity contribution in [3.63, 3.8) is 0 Å². The molecule has 0 bridgehead atoms. The van der Waals surface area contributed by atoms with Crippen LogP contribution in [0.5, 0.6) is 0 Å². The SMILES string of the molecule is Cc1cccn2c(NC(=O)C3CCCN(C(=O)C4CC4)C3)c(-c3ccccc3)nc12. The Morgan fingerprint density at radius 1 is 1.03 bits per heavy atom. The number of nitrogens with one attached hydrogen (secondary N) is 1. The first kappa shape index (κ1) is 18.9. The molecule has 3 heterocycles. The van der Waals surface area contributed by atoms with Gasteiger partial charge >= 0.3 is 0 Å². The quantitative estimate of drug-likeness (QED) is 0.720. The highest BCUT2D eigenvalue weighted by molar-refractivity contribution is 5.96. The molecule has 2 fully saturated rings. The molecule has 1 saturated heterocycles. The minimum atomic E-state index is -0.194. The number of benzene rings is 1. The average Bonchev–Trinajstić information content (AvgIpc) is 3.57. The molecule has 5 rings (SSSR count). The molecule has 3 aromatic rings. The summed E-state index contributed by atoms with van der Waals surface area (Å²) in [7, 11) is 0. The number of rotatable bonds is 4. The van der Waals surface area contributed by atoms with Gasteiger partial charge in [-0.15, -0.1) is 0 Å². The maximum absolute atomic E-state index is 13.2. The second kappa shape index (κ2) is 7.59. The van der Waals surface area contributed by atoms with Gasteiger partial charge in [-0.2, -0.15) is 0 Å². The summed E-state index contributed by atoms with van der Waals surface area (Å²) in [6.07, 6.45) is 5.59. The topological polar surface area (TPSA) is 66.7 Å². The molecule has 1 saturated carbocycles. The van der Waals surface area contributed by atoms with Crippen molar-refractivity contribution in [3.8, 4) is 11.3 Å². The van der Waals surface area contributed by atoms with Gasteiger partial charge in [-0.1, -0.05) is 36.4 Å². The van der Waals surface area contributed by atoms with Crippen LogP contribution in [0, 0.1) is 18.8 Å². The molecule has 0 spiro atoms. The lowest BCUT2D eigenvalue weighted by atomic mass is 9.96. The van der Waals surface area contributed by atoms with Crippen molar-refractivity contribution in [1.82, 2.24) is 14.3 Å². The lowest BCUT2D eigenvalue weighted by Crippen LogP contribution is -2.44. The van der Waals surface area contributed by atoms with Crippen LogP contribution in [0.1, 0.15) is 31.2 Å². The van der Waals surface area contributed by atoms with E-state index in [9.17, 15) is 9.59 Å². The van der Waals surface area contributed by atoms with Crippen LogP contribution >= 0.6 is 0 Å². The first-order valence-electron chi connectivity index (χ1n) is 10.7. The number of carbonyl (C=O) groups is 2. The van der Waals surface area contributed by atoms with E-state index in [1.807, 2.05) is 64.9 Å². The molecule has 2 aromatic heterocycles. The second-order valence-corrected chi connectivity index (χ2v) is 8.45. The van der Waals surface area contributed by atoms with Gasteiger partial charge in [-0.05, 0) is 44.2 Å². The number of hydrogen-bond acceptors (Lipinski definition) is 3. The van der Waals surface area contributed by atoms with Crippen LogP contribution in [0.4, 0.5) is 5.82 Å². The zero-order valence-electron chi connectivity index (χ0n) is 17.2. The number of piperidine rings is 1. The van der Waals surface area contributed by atoms with Crippen molar-refractivity contribution < 1.29 is 9.59 Å². The molecule has 0 radical (unpaired) electrons. The fourth-order valence-corrected chi connectivity index (χ4v) is 4.32. The van der Waals surface area contributed by atoms with E-state index in [0.717, 1.165) is 54.7 Å². The van der Waals surface area contributed by atoms with E-state index >= 15 is 0 Å². The summed E-state index contributed by atoms with van der Waals surface area (Å²) in [5, 5.41) is 3.16. The first-order chi connectivity index (χ1) is 14.6. The van der Waals surface area contributed by atoms with Gasteiger partial charge in [0.1, 0.15) is 17.2 Å². The van der Waals surface area contributed by atoms with Gasteiger partial charge in [0.2, 0.25) is 11.8 Å². The molecule has 30 heavy (non-hydrogen) atoms. The first-order valence-corrected chi connectivity index (χ1v) is 10.7. The van der Waals surface area contributed by atoms with Crippen molar-refractivity contribution in [2.45, 2.75) is 32.6 Å². The van der Waals surface area contributed by atoms with Crippen LogP contribution in [0.15, 0.2) is 48.7 Å². The minimum absolute atomic E-state index is 0.0382. The number of hydrogen-bond donors (Lipinski definition) is 1. The van der Waals surface area contributed by atoms with Crippen molar-refractivity contribution in [2.24, 2.45) is 11.8 Å². The molecule has 1 aliphatic carbocycles. The molecule has 1 aromatic carbocycles. The van der Waals surface area contributed by atoms with E-state index in [-0.39, 0.29) is 23.7 Å². The number of carbonyl (C=O) groups excluding carboxylic acids is 2. The van der Waals surface area contributed by atoms with Gasteiger partial charge < -0.3 is 10.2 Å². The fourth-order valence-electron chi connectivity index (χ4n) is 4.32. The third-order valence-corrected chi connectivity index (χ3v) is 6.16. The Bertz CT molecular complexity index is 1100. The summed E-state index contributed by atoms with van der Waals surface area (Å²) >= 11 is 0. The largest absolute Gasteiger partial charge is 0.342 e. The highest BCUT2D eigenvalue weighted by Gasteiger charge is 2.37. The number of anilines is 1. The predicted octanol–water partition coefficient (Wildman–Crippen LogP) is 3.90. The van der Waals surface area contributed by atoms with Crippen LogP contribution in [0.2, 0.25) is 0 Å². The summed E-state index contributed by atoms with van der Waals surface area (Å²) in [4.78, 5) is 32.4. The zero-order valence-corrected chi connectivity index (χ0v) is 17.2. The molecule has 1 N–H and O–H groups in total. The summed E-state index contributed by atoms with van der Waals surface area (Å²) < 4.78 is 1.95. The lowest BCUT2D eigenvalue weighted by Gasteiger charge is -2.32. The highest BCUT2D eigenvalue weighted by atomic mass is 16.2. The Morgan fingerprint density at radius 2 is 1.83 bits per heavy atom. The Morgan fingerprint density at radius 3 is 2.60 bits per heavy atom. The molecular weight excluding hydrogens is 376 g/mol. The van der Waals surface area contributed by atoms with Gasteiger partial charge in [0.15, 0.2) is 0 Å². The van der Waals surface area contributed by atoms with E-state index in [0.29, 0.717) is 12.4 Å². The summed E-state index contributed by atoms with van der Waals surface area (Å²) in [5.74, 6) is 0.876. The van der Waals surface area contributed by atoms with Gasteiger partial charge in [-0.3, -0.25) is 14.0 Å². The maximum atomic E-state index is 13.2. The number of amides is 2. The minimum Gasteiger partial charge on any atom is -0.342 e. The standard InChI is InChI=1S/C24H26N4O2/c1-16-7-5-14-28-21(16)25-20(17-8-3-2-4-9-17)22(28)26-23(29)19-10-6-13-27(15-19)24(30)18-11-12-18/h2-5,7-9,14,18-19H,6,10-13,15H2,1H3,(H,26,29). The molecule has 1 aliphatic heterocycles. The molecule has 2 aliphatic rings. The molecule has 6 nitrogen and oxygen atoms in total. The van der Waals surface area contributed by atoms with Gasteiger partial charge in [0.25, 0.3) is 0 Å². The van der Waals surface area contributed by atoms with E-state index in [1.165, 1.54) is 0 Å². The number of aryl methyl sites for hydroxylation is 1. The number of likely N-dealkylation sites (tertiary alicyclic amines) is 1. The molecular formula is C24H26N4O2. The molecule has 1 unspecified atom stereocenters. The number of imidazole rings is 1. The van der Waals surface area contributed by atoms with E-state index in [4.69, 9.17) is 4.98 Å². The van der Waals surface area contributed by atoms with Crippen molar-refractivity contribution in [3.05, 3.63) is 54.2 Å². The van der Waals surface area contributed by atoms with Crippen molar-refractivity contribution in [2.75, 3.05) is 18.4 Å².